The molecule has 2 aliphatic heterocycles. The number of nitrogens with zero attached hydrogens (tertiary/aromatic N) is 2. The lowest BCUT2D eigenvalue weighted by Gasteiger charge is -2.37. The van der Waals surface area contributed by atoms with Crippen LogP contribution in [0.4, 0.5) is 0 Å². The van der Waals surface area contributed by atoms with E-state index in [1.165, 1.54) is 16.2 Å². The average Bonchev–Trinajstić information content (AvgIpc) is 3.33. The monoisotopic (exact) mass is 424 g/mol. The Hall–Kier alpha value is -2.60. The molecule has 4 rings (SSSR count). The van der Waals surface area contributed by atoms with Crippen LogP contribution in [0.2, 0.25) is 0 Å². The number of hydrogen-bond donors (Lipinski definition) is 0. The molecular formula is C24H28N2O3S. The lowest BCUT2D eigenvalue weighted by molar-refractivity contribution is -0.137. The molecule has 3 heterocycles. The van der Waals surface area contributed by atoms with Gasteiger partial charge in [-0.15, -0.1) is 11.3 Å². The normalized spacial score (nSPS) is 22.2. The van der Waals surface area contributed by atoms with E-state index in [1.807, 2.05) is 41.8 Å². The molecule has 6 heteroatoms. The number of methoxy groups -OCH3 is 1. The van der Waals surface area contributed by atoms with Gasteiger partial charge in [-0.1, -0.05) is 32.0 Å². The van der Waals surface area contributed by atoms with Gasteiger partial charge in [0.05, 0.1) is 12.7 Å². The highest BCUT2D eigenvalue weighted by Gasteiger charge is 2.42. The van der Waals surface area contributed by atoms with E-state index in [1.54, 1.807) is 7.11 Å². The molecule has 0 N–H and O–H groups in total. The van der Waals surface area contributed by atoms with E-state index in [0.717, 1.165) is 35.7 Å². The second-order valence-electron chi connectivity index (χ2n) is 8.41. The van der Waals surface area contributed by atoms with E-state index in [0.29, 0.717) is 36.1 Å². The fraction of sp³-hybridized carbons (Fsp3) is 0.417. The number of carbonyl (C=O) groups excluding carboxylic acids is 2. The third-order valence-corrected chi connectivity index (χ3v) is 6.77. The zero-order chi connectivity index (χ0) is 21.3. The van der Waals surface area contributed by atoms with Crippen molar-refractivity contribution in [3.8, 4) is 5.75 Å². The van der Waals surface area contributed by atoms with Gasteiger partial charge in [-0.05, 0) is 53.8 Å². The molecule has 30 heavy (non-hydrogen) atoms. The summed E-state index contributed by atoms with van der Waals surface area (Å²) in [6.07, 6.45) is 1.78. The summed E-state index contributed by atoms with van der Waals surface area (Å²) in [5.74, 6) is 1.48. The minimum absolute atomic E-state index is 0.154. The van der Waals surface area contributed by atoms with Crippen molar-refractivity contribution in [1.29, 1.82) is 0 Å². The van der Waals surface area contributed by atoms with Crippen LogP contribution >= 0.6 is 11.3 Å². The van der Waals surface area contributed by atoms with Crippen molar-refractivity contribution in [3.05, 3.63) is 57.9 Å². The number of benzene rings is 1. The number of likely N-dealkylation sites (tertiary alicyclic amines) is 1. The highest BCUT2D eigenvalue weighted by Crippen LogP contribution is 2.36. The Balaban J connectivity index is 1.59. The van der Waals surface area contributed by atoms with Crippen molar-refractivity contribution in [2.75, 3.05) is 26.7 Å². The van der Waals surface area contributed by atoms with Gasteiger partial charge in [0, 0.05) is 24.5 Å². The summed E-state index contributed by atoms with van der Waals surface area (Å²) in [6, 6.07) is 11.6. The van der Waals surface area contributed by atoms with Crippen LogP contribution in [-0.2, 0) is 16.0 Å². The topological polar surface area (TPSA) is 49.9 Å². The van der Waals surface area contributed by atoms with Gasteiger partial charge in [-0.2, -0.15) is 0 Å². The summed E-state index contributed by atoms with van der Waals surface area (Å²) >= 11 is 1.52. The first kappa shape index (κ1) is 20.7. The zero-order valence-corrected chi connectivity index (χ0v) is 18.6. The molecule has 2 unspecified atom stereocenters. The van der Waals surface area contributed by atoms with Gasteiger partial charge < -0.3 is 9.64 Å². The third-order valence-electron chi connectivity index (χ3n) is 5.88. The molecule has 2 atom stereocenters. The Morgan fingerprint density at radius 3 is 2.33 bits per heavy atom. The van der Waals surface area contributed by atoms with Crippen LogP contribution in [0.25, 0.3) is 5.57 Å². The number of ether oxygens (including phenoxy) is 1. The molecule has 158 valence electrons. The minimum atomic E-state index is -0.170. The summed E-state index contributed by atoms with van der Waals surface area (Å²) in [4.78, 5) is 31.3. The Kier molecular flexibility index (Phi) is 5.95. The SMILES string of the molecule is COc1ccc(CCN2C(=O)C(c3cccs3)=C(N3CC(C)CC(C)C3)C2=O)cc1. The fourth-order valence-electron chi connectivity index (χ4n) is 4.58. The van der Waals surface area contributed by atoms with Crippen LogP contribution in [0.1, 0.15) is 30.7 Å². The summed E-state index contributed by atoms with van der Waals surface area (Å²) in [5, 5.41) is 1.96. The summed E-state index contributed by atoms with van der Waals surface area (Å²) < 4.78 is 5.21. The van der Waals surface area contributed by atoms with Gasteiger partial charge >= 0.3 is 0 Å². The van der Waals surface area contributed by atoms with Crippen LogP contribution < -0.4 is 4.74 Å². The molecule has 1 saturated heterocycles. The maximum Gasteiger partial charge on any atom is 0.277 e. The average molecular weight is 425 g/mol. The molecule has 2 aliphatic rings. The largest absolute Gasteiger partial charge is 0.497 e. The molecule has 5 nitrogen and oxygen atoms in total. The molecule has 2 aromatic rings. The fourth-order valence-corrected chi connectivity index (χ4v) is 5.34. The number of hydrogen-bond acceptors (Lipinski definition) is 5. The maximum atomic E-state index is 13.4. The summed E-state index contributed by atoms with van der Waals surface area (Å²) in [5.41, 5.74) is 2.24. The number of piperidine rings is 1. The lowest BCUT2D eigenvalue weighted by atomic mass is 9.91. The molecule has 1 aromatic heterocycles. The second kappa shape index (κ2) is 8.64. The van der Waals surface area contributed by atoms with Gasteiger partial charge in [-0.25, -0.2) is 0 Å². The molecule has 1 fully saturated rings. The standard InChI is InChI=1S/C24H28N2O3S/c1-16-13-17(2)15-25(14-16)22-21(20-5-4-12-30-20)23(27)26(24(22)28)11-10-18-6-8-19(29-3)9-7-18/h4-9,12,16-17H,10-11,13-15H2,1-3H3. The molecule has 0 spiro atoms. The van der Waals surface area contributed by atoms with Crippen LogP contribution in [0.15, 0.2) is 47.5 Å². The molecular weight excluding hydrogens is 396 g/mol. The summed E-state index contributed by atoms with van der Waals surface area (Å²) in [7, 11) is 1.64. The first-order valence-electron chi connectivity index (χ1n) is 10.5. The van der Waals surface area contributed by atoms with E-state index in [9.17, 15) is 9.59 Å². The van der Waals surface area contributed by atoms with Crippen LogP contribution in [0, 0.1) is 11.8 Å². The first-order chi connectivity index (χ1) is 14.5. The predicted molar refractivity (Wildman–Crippen MR) is 119 cm³/mol. The summed E-state index contributed by atoms with van der Waals surface area (Å²) in [6.45, 7) is 6.45. The van der Waals surface area contributed by atoms with Gasteiger partial charge in [-0.3, -0.25) is 14.5 Å². The number of rotatable bonds is 6. The number of carbonyl (C=O) groups is 2. The quantitative estimate of drug-likeness (QED) is 0.657. The smallest absolute Gasteiger partial charge is 0.277 e. The van der Waals surface area contributed by atoms with Crippen molar-refractivity contribution < 1.29 is 14.3 Å². The lowest BCUT2D eigenvalue weighted by Crippen LogP contribution is -2.42. The molecule has 0 radical (unpaired) electrons. The van der Waals surface area contributed by atoms with Crippen LogP contribution in [0.5, 0.6) is 5.75 Å². The van der Waals surface area contributed by atoms with E-state index >= 15 is 0 Å². The second-order valence-corrected chi connectivity index (χ2v) is 9.36. The highest BCUT2D eigenvalue weighted by atomic mass is 32.1. The van der Waals surface area contributed by atoms with Crippen molar-refractivity contribution in [2.24, 2.45) is 11.8 Å². The number of imide groups is 1. The van der Waals surface area contributed by atoms with Crippen molar-refractivity contribution in [3.63, 3.8) is 0 Å². The van der Waals surface area contributed by atoms with Gasteiger partial charge in [0.25, 0.3) is 11.8 Å². The molecule has 2 amide bonds. The van der Waals surface area contributed by atoms with Gasteiger partial charge in [0.2, 0.25) is 0 Å². The molecule has 0 bridgehead atoms. The van der Waals surface area contributed by atoms with Gasteiger partial charge in [0.1, 0.15) is 11.4 Å². The van der Waals surface area contributed by atoms with E-state index < -0.39 is 0 Å². The van der Waals surface area contributed by atoms with Gasteiger partial charge in [0.15, 0.2) is 0 Å². The van der Waals surface area contributed by atoms with Crippen LogP contribution in [-0.4, -0.2) is 48.4 Å². The Morgan fingerprint density at radius 1 is 1.03 bits per heavy atom. The zero-order valence-electron chi connectivity index (χ0n) is 17.8. The van der Waals surface area contributed by atoms with Crippen molar-refractivity contribution in [2.45, 2.75) is 26.7 Å². The first-order valence-corrected chi connectivity index (χ1v) is 11.4. The minimum Gasteiger partial charge on any atom is -0.497 e. The van der Waals surface area contributed by atoms with E-state index in [2.05, 4.69) is 18.7 Å². The third kappa shape index (κ3) is 4.01. The predicted octanol–water partition coefficient (Wildman–Crippen LogP) is 4.06. The number of amides is 2. The maximum absolute atomic E-state index is 13.4. The van der Waals surface area contributed by atoms with Crippen molar-refractivity contribution in [1.82, 2.24) is 9.80 Å². The van der Waals surface area contributed by atoms with E-state index in [4.69, 9.17) is 4.74 Å². The molecule has 1 aromatic carbocycles. The Labute approximate surface area is 181 Å². The highest BCUT2D eigenvalue weighted by molar-refractivity contribution is 7.11. The van der Waals surface area contributed by atoms with E-state index in [-0.39, 0.29) is 11.8 Å². The number of thiophene rings is 1. The molecule has 0 aliphatic carbocycles. The molecule has 0 saturated carbocycles. The Bertz CT molecular complexity index is 939. The van der Waals surface area contributed by atoms with Crippen molar-refractivity contribution >= 4 is 28.7 Å². The van der Waals surface area contributed by atoms with Crippen LogP contribution in [0.3, 0.4) is 0 Å². The Morgan fingerprint density at radius 2 is 1.73 bits per heavy atom.